The van der Waals surface area contributed by atoms with E-state index in [9.17, 15) is 15.0 Å². The third-order valence-corrected chi connectivity index (χ3v) is 6.13. The molecule has 7 nitrogen and oxygen atoms in total. The second-order valence-corrected chi connectivity index (χ2v) is 8.28. The summed E-state index contributed by atoms with van der Waals surface area (Å²) in [6.07, 6.45) is 0.787. The fourth-order valence-corrected chi connectivity index (χ4v) is 4.21. The SMILES string of the molecule is COc1ccc(-c2nnc(SCC(=O)c3ccc(O)c(O)c3)n2CCc2ccccc2)cc1. The van der Waals surface area contributed by atoms with Crippen LogP contribution in [0.3, 0.4) is 0 Å². The van der Waals surface area contributed by atoms with E-state index in [0.717, 1.165) is 17.7 Å². The molecule has 0 radical (unpaired) electrons. The molecule has 0 saturated carbocycles. The van der Waals surface area contributed by atoms with Crippen molar-refractivity contribution in [2.75, 3.05) is 12.9 Å². The van der Waals surface area contributed by atoms with Gasteiger partial charge in [-0.15, -0.1) is 10.2 Å². The Bertz CT molecular complexity index is 1240. The molecule has 0 bridgehead atoms. The molecule has 2 N–H and O–H groups in total. The number of nitrogens with zero attached hydrogens (tertiary/aromatic N) is 3. The van der Waals surface area contributed by atoms with Gasteiger partial charge in [0.25, 0.3) is 0 Å². The Balaban J connectivity index is 1.57. The average molecular weight is 462 g/mol. The Morgan fingerprint density at radius 1 is 0.970 bits per heavy atom. The van der Waals surface area contributed by atoms with E-state index in [1.807, 2.05) is 47.0 Å². The van der Waals surface area contributed by atoms with Gasteiger partial charge >= 0.3 is 0 Å². The third kappa shape index (κ3) is 5.35. The standard InChI is InChI=1S/C25H23N3O4S/c1-32-20-10-7-18(8-11-20)24-26-27-25(28(24)14-13-17-5-3-2-4-6-17)33-16-23(31)19-9-12-21(29)22(30)15-19/h2-12,15,29-30H,13-14,16H2,1H3. The lowest BCUT2D eigenvalue weighted by Gasteiger charge is -2.11. The maximum atomic E-state index is 12.6. The third-order valence-electron chi connectivity index (χ3n) is 5.16. The number of ketones is 1. The fraction of sp³-hybridized carbons (Fsp3) is 0.160. The van der Waals surface area contributed by atoms with Gasteiger partial charge in [-0.3, -0.25) is 4.79 Å². The Kier molecular flexibility index (Phi) is 6.95. The highest BCUT2D eigenvalue weighted by atomic mass is 32.2. The number of methoxy groups -OCH3 is 1. The number of Topliss-reactive ketones (excluding diaryl/α,β-unsaturated/α-hetero) is 1. The highest BCUT2D eigenvalue weighted by Gasteiger charge is 2.17. The lowest BCUT2D eigenvalue weighted by atomic mass is 10.1. The number of carbonyl (C=O) groups excluding carboxylic acids is 1. The molecule has 33 heavy (non-hydrogen) atoms. The number of phenolic OH excluding ortho intramolecular Hbond substituents is 2. The molecular formula is C25H23N3O4S. The first-order valence-corrected chi connectivity index (χ1v) is 11.3. The van der Waals surface area contributed by atoms with Crippen LogP contribution in [0, 0.1) is 0 Å². The minimum atomic E-state index is -0.321. The number of aromatic nitrogens is 3. The molecule has 0 aliphatic heterocycles. The minimum absolute atomic E-state index is 0.121. The molecule has 168 valence electrons. The molecule has 0 fully saturated rings. The Morgan fingerprint density at radius 3 is 2.42 bits per heavy atom. The molecule has 0 atom stereocenters. The summed E-state index contributed by atoms with van der Waals surface area (Å²) in [5, 5.41) is 28.5. The van der Waals surface area contributed by atoms with Crippen LogP contribution in [0.5, 0.6) is 17.2 Å². The van der Waals surface area contributed by atoms with Crippen molar-refractivity contribution in [3.05, 3.63) is 83.9 Å². The zero-order chi connectivity index (χ0) is 23.2. The van der Waals surface area contributed by atoms with Gasteiger partial charge in [-0.2, -0.15) is 0 Å². The molecule has 0 aliphatic rings. The van der Waals surface area contributed by atoms with E-state index < -0.39 is 0 Å². The number of thioether (sulfide) groups is 1. The molecule has 1 heterocycles. The van der Waals surface area contributed by atoms with Crippen molar-refractivity contribution in [1.29, 1.82) is 0 Å². The van der Waals surface area contributed by atoms with Gasteiger partial charge < -0.3 is 19.5 Å². The van der Waals surface area contributed by atoms with Crippen LogP contribution in [0.2, 0.25) is 0 Å². The van der Waals surface area contributed by atoms with Crippen molar-refractivity contribution in [3.8, 4) is 28.6 Å². The van der Waals surface area contributed by atoms with Crippen molar-refractivity contribution in [1.82, 2.24) is 14.8 Å². The monoisotopic (exact) mass is 461 g/mol. The van der Waals surface area contributed by atoms with E-state index in [4.69, 9.17) is 4.74 Å². The number of rotatable bonds is 9. The van der Waals surface area contributed by atoms with Crippen molar-refractivity contribution < 1.29 is 19.7 Å². The highest BCUT2D eigenvalue weighted by molar-refractivity contribution is 7.99. The van der Waals surface area contributed by atoms with Crippen molar-refractivity contribution in [3.63, 3.8) is 0 Å². The van der Waals surface area contributed by atoms with E-state index in [0.29, 0.717) is 23.1 Å². The summed E-state index contributed by atoms with van der Waals surface area (Å²) in [5.74, 6) is 0.829. The van der Waals surface area contributed by atoms with Crippen molar-refractivity contribution >= 4 is 17.5 Å². The number of carbonyl (C=O) groups is 1. The largest absolute Gasteiger partial charge is 0.504 e. The Hall–Kier alpha value is -3.78. The first-order chi connectivity index (χ1) is 16.0. The summed E-state index contributed by atoms with van der Waals surface area (Å²) in [6, 6.07) is 21.8. The van der Waals surface area contributed by atoms with Crippen LogP contribution in [0.1, 0.15) is 15.9 Å². The Labute approximate surface area is 195 Å². The predicted octanol–water partition coefficient (Wildman–Crippen LogP) is 4.58. The van der Waals surface area contributed by atoms with Gasteiger partial charge in [0, 0.05) is 17.7 Å². The molecule has 0 saturated heterocycles. The fourth-order valence-electron chi connectivity index (χ4n) is 3.35. The van der Waals surface area contributed by atoms with Crippen LogP contribution in [-0.4, -0.2) is 43.6 Å². The van der Waals surface area contributed by atoms with E-state index in [1.54, 1.807) is 7.11 Å². The second-order valence-electron chi connectivity index (χ2n) is 7.34. The lowest BCUT2D eigenvalue weighted by molar-refractivity contribution is 0.102. The van der Waals surface area contributed by atoms with Crippen LogP contribution in [0.25, 0.3) is 11.4 Å². The molecule has 1 aromatic heterocycles. The van der Waals surface area contributed by atoms with Gasteiger partial charge in [-0.25, -0.2) is 0 Å². The zero-order valence-corrected chi connectivity index (χ0v) is 18.8. The van der Waals surface area contributed by atoms with Gasteiger partial charge in [0.05, 0.1) is 12.9 Å². The molecule has 3 aromatic carbocycles. The van der Waals surface area contributed by atoms with E-state index in [2.05, 4.69) is 22.3 Å². The summed E-state index contributed by atoms with van der Waals surface area (Å²) in [5.41, 5.74) is 2.42. The van der Waals surface area contributed by atoms with Gasteiger partial charge in [-0.05, 0) is 54.4 Å². The molecule has 4 rings (SSSR count). The van der Waals surface area contributed by atoms with Crippen LogP contribution in [-0.2, 0) is 13.0 Å². The van der Waals surface area contributed by atoms with E-state index in [-0.39, 0.29) is 23.0 Å². The molecule has 0 unspecified atom stereocenters. The second kappa shape index (κ2) is 10.2. The minimum Gasteiger partial charge on any atom is -0.504 e. The molecule has 0 aliphatic carbocycles. The van der Waals surface area contributed by atoms with E-state index in [1.165, 1.54) is 35.5 Å². The normalized spacial score (nSPS) is 10.8. The maximum Gasteiger partial charge on any atom is 0.191 e. The van der Waals surface area contributed by atoms with Gasteiger partial charge in [-0.1, -0.05) is 42.1 Å². The first-order valence-electron chi connectivity index (χ1n) is 10.3. The number of benzene rings is 3. The first kappa shape index (κ1) is 22.4. The summed E-state index contributed by atoms with van der Waals surface area (Å²) < 4.78 is 7.27. The number of aromatic hydroxyl groups is 2. The molecule has 0 amide bonds. The van der Waals surface area contributed by atoms with Gasteiger partial charge in [0.1, 0.15) is 5.75 Å². The average Bonchev–Trinajstić information content (AvgIpc) is 3.26. The summed E-state index contributed by atoms with van der Waals surface area (Å²) >= 11 is 1.29. The van der Waals surface area contributed by atoms with E-state index >= 15 is 0 Å². The quantitative estimate of drug-likeness (QED) is 0.214. The number of hydrogen-bond acceptors (Lipinski definition) is 7. The maximum absolute atomic E-state index is 12.6. The van der Waals surface area contributed by atoms with Crippen LogP contribution >= 0.6 is 11.8 Å². The van der Waals surface area contributed by atoms with Crippen LogP contribution < -0.4 is 4.74 Å². The van der Waals surface area contributed by atoms with Crippen molar-refractivity contribution in [2.45, 2.75) is 18.1 Å². The number of hydrogen-bond donors (Lipinski definition) is 2. The van der Waals surface area contributed by atoms with Crippen molar-refractivity contribution in [2.24, 2.45) is 0 Å². The molecule has 0 spiro atoms. The molecular weight excluding hydrogens is 438 g/mol. The topological polar surface area (TPSA) is 97.5 Å². The highest BCUT2D eigenvalue weighted by Crippen LogP contribution is 2.28. The summed E-state index contributed by atoms with van der Waals surface area (Å²) in [4.78, 5) is 12.6. The number of aryl methyl sites for hydroxylation is 1. The van der Waals surface area contributed by atoms with Gasteiger partial charge in [0.2, 0.25) is 0 Å². The predicted molar refractivity (Wildman–Crippen MR) is 127 cm³/mol. The molecule has 8 heteroatoms. The lowest BCUT2D eigenvalue weighted by Crippen LogP contribution is -2.08. The zero-order valence-electron chi connectivity index (χ0n) is 18.0. The van der Waals surface area contributed by atoms with Crippen LogP contribution in [0.15, 0.2) is 78.0 Å². The Morgan fingerprint density at radius 2 is 1.73 bits per heavy atom. The summed E-state index contributed by atoms with van der Waals surface area (Å²) in [6.45, 7) is 0.648. The smallest absolute Gasteiger partial charge is 0.191 e. The van der Waals surface area contributed by atoms with Gasteiger partial charge in [0.15, 0.2) is 28.3 Å². The summed E-state index contributed by atoms with van der Waals surface area (Å²) in [7, 11) is 1.62. The number of ether oxygens (including phenoxy) is 1. The van der Waals surface area contributed by atoms with Crippen LogP contribution in [0.4, 0.5) is 0 Å². The number of phenols is 2. The molecule has 4 aromatic rings.